The van der Waals surface area contributed by atoms with Crippen molar-refractivity contribution in [2.75, 3.05) is 52.9 Å². The van der Waals surface area contributed by atoms with E-state index in [1.807, 2.05) is 27.7 Å². The number of hydrogen-bond donors (Lipinski definition) is 1. The lowest BCUT2D eigenvalue weighted by molar-refractivity contribution is -0.146. The maximum absolute atomic E-state index is 12.7. The zero-order chi connectivity index (χ0) is 16.0. The van der Waals surface area contributed by atoms with Crippen LogP contribution in [0.4, 0.5) is 0 Å². The van der Waals surface area contributed by atoms with Crippen LogP contribution < -0.4 is 5.32 Å². The number of nitrogens with one attached hydrogen (secondary N) is 1. The van der Waals surface area contributed by atoms with Crippen molar-refractivity contribution in [1.29, 1.82) is 0 Å². The minimum Gasteiger partial charge on any atom is -0.342 e. The number of carbonyl (C=O) groups excluding carboxylic acids is 2. The SMILES string of the molecule is CCN(CC)C(=O)CN(C)C(=O)C(C)(C)N1CCNCC1. The van der Waals surface area contributed by atoms with Crippen LogP contribution in [0.15, 0.2) is 0 Å². The third kappa shape index (κ3) is 4.41. The highest BCUT2D eigenvalue weighted by Gasteiger charge is 2.37. The predicted octanol–water partition coefficient (Wildman–Crippen LogP) is -0.00300. The lowest BCUT2D eigenvalue weighted by Gasteiger charge is -2.41. The summed E-state index contributed by atoms with van der Waals surface area (Å²) in [5, 5.41) is 3.29. The van der Waals surface area contributed by atoms with Gasteiger partial charge in [-0.15, -0.1) is 0 Å². The Kier molecular flexibility index (Phi) is 6.61. The van der Waals surface area contributed by atoms with Gasteiger partial charge in [0, 0.05) is 46.3 Å². The summed E-state index contributed by atoms with van der Waals surface area (Å²) >= 11 is 0. The first kappa shape index (κ1) is 17.9. The molecular weight excluding hydrogens is 268 g/mol. The number of hydrogen-bond acceptors (Lipinski definition) is 4. The summed E-state index contributed by atoms with van der Waals surface area (Å²) in [7, 11) is 1.72. The van der Waals surface area contributed by atoms with E-state index in [-0.39, 0.29) is 18.4 Å². The summed E-state index contributed by atoms with van der Waals surface area (Å²) in [6, 6.07) is 0. The van der Waals surface area contributed by atoms with Crippen molar-refractivity contribution in [1.82, 2.24) is 20.0 Å². The van der Waals surface area contributed by atoms with Crippen LogP contribution in [-0.2, 0) is 9.59 Å². The van der Waals surface area contributed by atoms with Gasteiger partial charge in [0.05, 0.1) is 12.1 Å². The van der Waals surface area contributed by atoms with E-state index in [1.165, 1.54) is 0 Å². The minimum atomic E-state index is -0.569. The number of amides is 2. The Bertz CT molecular complexity index is 361. The van der Waals surface area contributed by atoms with Gasteiger partial charge in [-0.25, -0.2) is 0 Å². The highest BCUT2D eigenvalue weighted by atomic mass is 16.2. The van der Waals surface area contributed by atoms with E-state index >= 15 is 0 Å². The zero-order valence-electron chi connectivity index (χ0n) is 14.1. The van der Waals surface area contributed by atoms with Crippen molar-refractivity contribution in [2.45, 2.75) is 33.2 Å². The Hall–Kier alpha value is -1.14. The third-order valence-electron chi connectivity index (χ3n) is 4.27. The smallest absolute Gasteiger partial charge is 0.242 e. The van der Waals surface area contributed by atoms with Gasteiger partial charge >= 0.3 is 0 Å². The number of rotatable bonds is 6. The highest BCUT2D eigenvalue weighted by Crippen LogP contribution is 2.18. The first-order valence-corrected chi connectivity index (χ1v) is 7.83. The molecule has 1 rings (SSSR count). The molecule has 21 heavy (non-hydrogen) atoms. The first-order valence-electron chi connectivity index (χ1n) is 7.83. The van der Waals surface area contributed by atoms with Gasteiger partial charge in [-0.2, -0.15) is 0 Å². The van der Waals surface area contributed by atoms with Crippen LogP contribution in [0.5, 0.6) is 0 Å². The Labute approximate surface area is 128 Å². The van der Waals surface area contributed by atoms with Crippen molar-refractivity contribution in [3.63, 3.8) is 0 Å². The second-order valence-corrected chi connectivity index (χ2v) is 6.02. The van der Waals surface area contributed by atoms with Gasteiger partial charge < -0.3 is 15.1 Å². The molecular formula is C15H30N4O2. The number of likely N-dealkylation sites (N-methyl/N-ethyl adjacent to an activating group) is 2. The molecule has 1 heterocycles. The molecule has 1 saturated heterocycles. The molecule has 1 fully saturated rings. The predicted molar refractivity (Wildman–Crippen MR) is 84.1 cm³/mol. The van der Waals surface area contributed by atoms with E-state index in [0.29, 0.717) is 13.1 Å². The maximum atomic E-state index is 12.7. The van der Waals surface area contributed by atoms with E-state index in [9.17, 15) is 9.59 Å². The second-order valence-electron chi connectivity index (χ2n) is 6.02. The molecule has 122 valence electrons. The van der Waals surface area contributed by atoms with Gasteiger partial charge in [0.1, 0.15) is 0 Å². The molecule has 6 heteroatoms. The molecule has 0 aromatic rings. The molecule has 1 aliphatic heterocycles. The van der Waals surface area contributed by atoms with Crippen LogP contribution in [0, 0.1) is 0 Å². The summed E-state index contributed by atoms with van der Waals surface area (Å²) in [5.41, 5.74) is -0.569. The Morgan fingerprint density at radius 2 is 1.67 bits per heavy atom. The highest BCUT2D eigenvalue weighted by molar-refractivity contribution is 5.89. The summed E-state index contributed by atoms with van der Waals surface area (Å²) < 4.78 is 0. The molecule has 0 spiro atoms. The van der Waals surface area contributed by atoms with Gasteiger partial charge in [0.2, 0.25) is 11.8 Å². The average Bonchev–Trinajstić information content (AvgIpc) is 2.48. The van der Waals surface area contributed by atoms with Crippen LogP contribution in [0.2, 0.25) is 0 Å². The van der Waals surface area contributed by atoms with Crippen molar-refractivity contribution < 1.29 is 9.59 Å². The second kappa shape index (κ2) is 7.75. The topological polar surface area (TPSA) is 55.9 Å². The standard InChI is InChI=1S/C15H30N4O2/c1-6-18(7-2)13(20)12-17(5)14(21)15(3,4)19-10-8-16-9-11-19/h16H,6-12H2,1-5H3. The van der Waals surface area contributed by atoms with E-state index in [1.54, 1.807) is 16.8 Å². The number of carbonyl (C=O) groups is 2. The van der Waals surface area contributed by atoms with Gasteiger partial charge in [0.25, 0.3) is 0 Å². The largest absolute Gasteiger partial charge is 0.342 e. The Morgan fingerprint density at radius 1 is 1.14 bits per heavy atom. The average molecular weight is 298 g/mol. The molecule has 2 amide bonds. The monoisotopic (exact) mass is 298 g/mol. The first-order chi connectivity index (χ1) is 9.84. The fraction of sp³-hybridized carbons (Fsp3) is 0.867. The molecule has 0 aromatic carbocycles. The fourth-order valence-electron chi connectivity index (χ4n) is 2.78. The molecule has 0 unspecified atom stereocenters. The van der Waals surface area contributed by atoms with Gasteiger partial charge in [-0.1, -0.05) is 0 Å². The molecule has 0 aromatic heterocycles. The van der Waals surface area contributed by atoms with Crippen molar-refractivity contribution in [3.05, 3.63) is 0 Å². The molecule has 1 aliphatic rings. The normalized spacial score (nSPS) is 16.6. The van der Waals surface area contributed by atoms with Crippen LogP contribution in [0.1, 0.15) is 27.7 Å². The van der Waals surface area contributed by atoms with E-state index < -0.39 is 5.54 Å². The summed E-state index contributed by atoms with van der Waals surface area (Å²) in [5.74, 6) is 0.0110. The van der Waals surface area contributed by atoms with Crippen molar-refractivity contribution in [3.8, 4) is 0 Å². The van der Waals surface area contributed by atoms with Crippen molar-refractivity contribution >= 4 is 11.8 Å². The van der Waals surface area contributed by atoms with E-state index in [0.717, 1.165) is 26.2 Å². The van der Waals surface area contributed by atoms with E-state index in [2.05, 4.69) is 10.2 Å². The number of nitrogens with zero attached hydrogens (tertiary/aromatic N) is 3. The summed E-state index contributed by atoms with van der Waals surface area (Å²) in [4.78, 5) is 30.3. The Balaban J connectivity index is 2.65. The third-order valence-corrected chi connectivity index (χ3v) is 4.27. The molecule has 6 nitrogen and oxygen atoms in total. The molecule has 0 aliphatic carbocycles. The van der Waals surface area contributed by atoms with E-state index in [4.69, 9.17) is 0 Å². The van der Waals surface area contributed by atoms with Gasteiger partial charge in [-0.05, 0) is 27.7 Å². The zero-order valence-corrected chi connectivity index (χ0v) is 14.1. The molecule has 0 radical (unpaired) electrons. The maximum Gasteiger partial charge on any atom is 0.242 e. The Morgan fingerprint density at radius 3 is 2.14 bits per heavy atom. The van der Waals surface area contributed by atoms with Crippen LogP contribution >= 0.6 is 0 Å². The minimum absolute atomic E-state index is 0.00454. The van der Waals surface area contributed by atoms with Crippen molar-refractivity contribution in [2.24, 2.45) is 0 Å². The lowest BCUT2D eigenvalue weighted by Crippen LogP contribution is -2.60. The van der Waals surface area contributed by atoms with Crippen LogP contribution in [0.25, 0.3) is 0 Å². The van der Waals surface area contributed by atoms with Gasteiger partial charge in [0.15, 0.2) is 0 Å². The van der Waals surface area contributed by atoms with Gasteiger partial charge in [-0.3, -0.25) is 14.5 Å². The molecule has 1 N–H and O–H groups in total. The summed E-state index contributed by atoms with van der Waals surface area (Å²) in [6.07, 6.45) is 0. The van der Waals surface area contributed by atoms with Crippen LogP contribution in [0.3, 0.4) is 0 Å². The summed E-state index contributed by atoms with van der Waals surface area (Å²) in [6.45, 7) is 12.8. The fourth-order valence-corrected chi connectivity index (χ4v) is 2.78. The quantitative estimate of drug-likeness (QED) is 0.750. The number of piperazine rings is 1. The molecule has 0 bridgehead atoms. The molecule has 0 saturated carbocycles. The van der Waals surface area contributed by atoms with Crippen LogP contribution in [-0.4, -0.2) is 84.9 Å². The molecule has 0 atom stereocenters. The lowest BCUT2D eigenvalue weighted by atomic mass is 9.99.